The van der Waals surface area contributed by atoms with Crippen LogP contribution in [0, 0.1) is 0 Å². The van der Waals surface area contributed by atoms with Gasteiger partial charge in [-0.25, -0.2) is 13.4 Å². The quantitative estimate of drug-likeness (QED) is 0.578. The molecule has 9 heteroatoms. The van der Waals surface area contributed by atoms with Crippen molar-refractivity contribution >= 4 is 33.4 Å². The second kappa shape index (κ2) is 4.63. The molecule has 96 valence electrons. The molecule has 0 spiro atoms. The molecular formula is C9H8ClN3O4S. The molecule has 2 amide bonds. The zero-order valence-corrected chi connectivity index (χ0v) is 10.5. The molecule has 0 aliphatic carbocycles. The summed E-state index contributed by atoms with van der Waals surface area (Å²) in [6.07, 6.45) is 1.24. The van der Waals surface area contributed by atoms with E-state index in [1.54, 1.807) is 0 Å². The van der Waals surface area contributed by atoms with Gasteiger partial charge in [-0.2, -0.15) is 4.31 Å². The third-order valence-corrected chi connectivity index (χ3v) is 4.25. The van der Waals surface area contributed by atoms with Crippen LogP contribution in [0.1, 0.15) is 0 Å². The molecule has 1 N–H and O–H groups in total. The number of nitrogens with one attached hydrogen (secondary N) is 1. The van der Waals surface area contributed by atoms with Crippen LogP contribution in [0.3, 0.4) is 0 Å². The van der Waals surface area contributed by atoms with E-state index in [4.69, 9.17) is 11.6 Å². The van der Waals surface area contributed by atoms with Gasteiger partial charge in [0.2, 0.25) is 21.8 Å². The summed E-state index contributed by atoms with van der Waals surface area (Å²) in [7, 11) is -3.92. The molecule has 1 aliphatic heterocycles. The van der Waals surface area contributed by atoms with Gasteiger partial charge < -0.3 is 0 Å². The van der Waals surface area contributed by atoms with Gasteiger partial charge >= 0.3 is 0 Å². The summed E-state index contributed by atoms with van der Waals surface area (Å²) in [5, 5.41) is 2.04. The van der Waals surface area contributed by atoms with Crippen LogP contribution in [0.2, 0.25) is 5.15 Å². The van der Waals surface area contributed by atoms with Crippen LogP contribution >= 0.6 is 11.6 Å². The number of sulfonamides is 1. The number of halogens is 1. The molecule has 2 heterocycles. The van der Waals surface area contributed by atoms with Crippen molar-refractivity contribution in [3.63, 3.8) is 0 Å². The minimum atomic E-state index is -3.92. The maximum Gasteiger partial charge on any atom is 0.244 e. The van der Waals surface area contributed by atoms with Crippen LogP contribution in [-0.4, -0.2) is 42.6 Å². The van der Waals surface area contributed by atoms with Crippen LogP contribution in [0.5, 0.6) is 0 Å². The van der Waals surface area contributed by atoms with Crippen molar-refractivity contribution in [3.8, 4) is 0 Å². The number of imide groups is 1. The van der Waals surface area contributed by atoms with Crippen molar-refractivity contribution in [1.82, 2.24) is 14.6 Å². The molecule has 0 aromatic carbocycles. The Labute approximate surface area is 108 Å². The SMILES string of the molecule is O=C1CN(S(=O)(=O)c2ccnc(Cl)c2)CC(=O)N1. The molecule has 0 atom stereocenters. The number of nitrogens with zero attached hydrogens (tertiary/aromatic N) is 2. The molecular weight excluding hydrogens is 282 g/mol. The van der Waals surface area contributed by atoms with E-state index in [2.05, 4.69) is 4.98 Å². The first-order valence-electron chi connectivity index (χ1n) is 4.84. The van der Waals surface area contributed by atoms with Crippen molar-refractivity contribution < 1.29 is 18.0 Å². The van der Waals surface area contributed by atoms with E-state index in [1.165, 1.54) is 12.3 Å². The molecule has 1 aromatic rings. The van der Waals surface area contributed by atoms with E-state index >= 15 is 0 Å². The van der Waals surface area contributed by atoms with E-state index in [9.17, 15) is 18.0 Å². The number of piperazine rings is 1. The normalized spacial score (nSPS) is 17.6. The molecule has 0 saturated carbocycles. The summed E-state index contributed by atoms with van der Waals surface area (Å²) >= 11 is 5.61. The Hall–Kier alpha value is -1.51. The number of amides is 2. The molecule has 2 rings (SSSR count). The fourth-order valence-electron chi connectivity index (χ4n) is 1.47. The van der Waals surface area contributed by atoms with Crippen LogP contribution in [0.25, 0.3) is 0 Å². The number of carbonyl (C=O) groups is 2. The molecule has 1 fully saturated rings. The van der Waals surface area contributed by atoms with Gasteiger partial charge in [-0.1, -0.05) is 11.6 Å². The number of aromatic nitrogens is 1. The molecule has 1 saturated heterocycles. The largest absolute Gasteiger partial charge is 0.294 e. The topological polar surface area (TPSA) is 96.4 Å². The number of carbonyl (C=O) groups excluding carboxylic acids is 2. The summed E-state index contributed by atoms with van der Waals surface area (Å²) in [6, 6.07) is 2.41. The highest BCUT2D eigenvalue weighted by atomic mass is 35.5. The van der Waals surface area contributed by atoms with Gasteiger partial charge in [-0.05, 0) is 12.1 Å². The van der Waals surface area contributed by atoms with Crippen LogP contribution in [0.15, 0.2) is 23.2 Å². The zero-order chi connectivity index (χ0) is 13.3. The Balaban J connectivity index is 2.37. The summed E-state index contributed by atoms with van der Waals surface area (Å²) in [5.74, 6) is -1.31. The maximum absolute atomic E-state index is 12.1. The number of hydrogen-bond acceptors (Lipinski definition) is 5. The van der Waals surface area contributed by atoms with E-state index in [-0.39, 0.29) is 10.0 Å². The molecule has 18 heavy (non-hydrogen) atoms. The number of hydrogen-bond donors (Lipinski definition) is 1. The number of rotatable bonds is 2. The standard InChI is InChI=1S/C9H8ClN3O4S/c10-7-3-6(1-2-11-7)18(16,17)13-4-8(14)12-9(15)5-13/h1-3H,4-5H2,(H,12,14,15). The van der Waals surface area contributed by atoms with Crippen LogP contribution in [0.4, 0.5) is 0 Å². The maximum atomic E-state index is 12.1. The summed E-state index contributed by atoms with van der Waals surface area (Å²) in [6.45, 7) is -0.790. The third kappa shape index (κ3) is 2.50. The highest BCUT2D eigenvalue weighted by Gasteiger charge is 2.32. The zero-order valence-electron chi connectivity index (χ0n) is 8.96. The average molecular weight is 290 g/mol. The fraction of sp³-hybridized carbons (Fsp3) is 0.222. The van der Waals surface area contributed by atoms with Gasteiger partial charge in [0.05, 0.1) is 18.0 Å². The minimum Gasteiger partial charge on any atom is -0.294 e. The van der Waals surface area contributed by atoms with Gasteiger partial charge in [0.25, 0.3) is 0 Å². The van der Waals surface area contributed by atoms with Crippen molar-refractivity contribution in [2.75, 3.05) is 13.1 Å². The Morgan fingerprint density at radius 2 is 1.89 bits per heavy atom. The minimum absolute atomic E-state index is 0.0175. The highest BCUT2D eigenvalue weighted by molar-refractivity contribution is 7.89. The van der Waals surface area contributed by atoms with Gasteiger partial charge in [-0.3, -0.25) is 14.9 Å². The van der Waals surface area contributed by atoms with Gasteiger partial charge in [-0.15, -0.1) is 0 Å². The monoisotopic (exact) mass is 289 g/mol. The van der Waals surface area contributed by atoms with Crippen LogP contribution < -0.4 is 5.32 Å². The molecule has 0 radical (unpaired) electrons. The third-order valence-electron chi connectivity index (χ3n) is 2.25. The summed E-state index contributed by atoms with van der Waals surface area (Å²) in [4.78, 5) is 25.9. The molecule has 1 aliphatic rings. The predicted octanol–water partition coefficient (Wildman–Crippen LogP) is -0.618. The first-order valence-corrected chi connectivity index (χ1v) is 6.66. The van der Waals surface area contributed by atoms with E-state index < -0.39 is 34.9 Å². The van der Waals surface area contributed by atoms with Crippen molar-refractivity contribution in [2.45, 2.75) is 4.90 Å². The molecule has 0 bridgehead atoms. The predicted molar refractivity (Wildman–Crippen MR) is 61.2 cm³/mol. The molecule has 7 nitrogen and oxygen atoms in total. The fourth-order valence-corrected chi connectivity index (χ4v) is 3.08. The second-order valence-corrected chi connectivity index (χ2v) is 5.88. The first-order chi connectivity index (χ1) is 8.39. The van der Waals surface area contributed by atoms with Crippen molar-refractivity contribution in [1.29, 1.82) is 0 Å². The average Bonchev–Trinajstić information content (AvgIpc) is 2.27. The van der Waals surface area contributed by atoms with Gasteiger partial charge in [0, 0.05) is 6.20 Å². The van der Waals surface area contributed by atoms with Gasteiger partial charge in [0.1, 0.15) is 5.15 Å². The first kappa shape index (κ1) is 12.9. The van der Waals surface area contributed by atoms with E-state index in [1.807, 2.05) is 5.32 Å². The van der Waals surface area contributed by atoms with Crippen molar-refractivity contribution in [2.24, 2.45) is 0 Å². The Bertz CT molecular complexity index is 600. The lowest BCUT2D eigenvalue weighted by molar-refractivity contribution is -0.134. The second-order valence-electron chi connectivity index (χ2n) is 3.56. The Morgan fingerprint density at radius 1 is 1.28 bits per heavy atom. The Kier molecular flexibility index (Phi) is 3.33. The van der Waals surface area contributed by atoms with Crippen molar-refractivity contribution in [3.05, 3.63) is 23.5 Å². The number of pyridine rings is 1. The summed E-state index contributed by atoms with van der Waals surface area (Å²) < 4.78 is 25.1. The van der Waals surface area contributed by atoms with E-state index in [0.717, 1.165) is 10.4 Å². The van der Waals surface area contributed by atoms with E-state index in [0.29, 0.717) is 0 Å². The Morgan fingerprint density at radius 3 is 2.44 bits per heavy atom. The lowest BCUT2D eigenvalue weighted by atomic mass is 10.4. The smallest absolute Gasteiger partial charge is 0.244 e. The highest BCUT2D eigenvalue weighted by Crippen LogP contribution is 2.18. The molecule has 0 unspecified atom stereocenters. The van der Waals surface area contributed by atoms with Gasteiger partial charge in [0.15, 0.2) is 0 Å². The summed E-state index contributed by atoms with van der Waals surface area (Å²) in [5.41, 5.74) is 0. The molecule has 1 aromatic heterocycles. The van der Waals surface area contributed by atoms with Crippen LogP contribution in [-0.2, 0) is 19.6 Å². The lowest BCUT2D eigenvalue weighted by Gasteiger charge is -2.24. The lowest BCUT2D eigenvalue weighted by Crippen LogP contribution is -2.53.